The molecule has 1 aliphatic rings. The molecule has 4 aromatic rings. The molecule has 5 rings (SSSR count). The van der Waals surface area contributed by atoms with Crippen LogP contribution < -0.4 is 10.5 Å². The normalized spacial score (nSPS) is 15.8. The second-order valence-corrected chi connectivity index (χ2v) is 8.34. The van der Waals surface area contributed by atoms with Gasteiger partial charge in [-0.05, 0) is 45.1 Å². The van der Waals surface area contributed by atoms with Crippen LogP contribution in [0.1, 0.15) is 12.1 Å². The average molecular weight is 423 g/mol. The molecular formula is C22H23ClN6O. The fourth-order valence-electron chi connectivity index (χ4n) is 4.05. The minimum Gasteiger partial charge on any atom is -0.369 e. The fourth-order valence-corrected chi connectivity index (χ4v) is 4.31. The topological polar surface area (TPSA) is 58.2 Å². The molecule has 1 fully saturated rings. The first-order chi connectivity index (χ1) is 14.5. The van der Waals surface area contributed by atoms with Gasteiger partial charge in [0.15, 0.2) is 5.65 Å². The summed E-state index contributed by atoms with van der Waals surface area (Å²) in [7, 11) is 2.15. The molecular weight excluding hydrogens is 400 g/mol. The molecule has 0 radical (unpaired) electrons. The summed E-state index contributed by atoms with van der Waals surface area (Å²) in [5.74, 6) is 0. The summed E-state index contributed by atoms with van der Waals surface area (Å²) in [6, 6.07) is 7.33. The Hall–Kier alpha value is -2.90. The molecule has 0 spiro atoms. The molecule has 30 heavy (non-hydrogen) atoms. The van der Waals surface area contributed by atoms with Crippen LogP contribution in [0.3, 0.4) is 0 Å². The summed E-state index contributed by atoms with van der Waals surface area (Å²) in [4.78, 5) is 26.7. The number of likely N-dealkylation sites (N-methyl/N-ethyl adjacent to an activating group) is 1. The van der Waals surface area contributed by atoms with Crippen LogP contribution in [0.5, 0.6) is 0 Å². The van der Waals surface area contributed by atoms with E-state index in [0.29, 0.717) is 22.0 Å². The Balaban J connectivity index is 1.55. The van der Waals surface area contributed by atoms with Crippen molar-refractivity contribution in [3.05, 3.63) is 63.9 Å². The third-order valence-electron chi connectivity index (χ3n) is 5.65. The zero-order valence-corrected chi connectivity index (χ0v) is 17.8. The van der Waals surface area contributed by atoms with Gasteiger partial charge in [0.1, 0.15) is 5.65 Å². The maximum Gasteiger partial charge on any atom is 0.258 e. The van der Waals surface area contributed by atoms with E-state index < -0.39 is 0 Å². The third kappa shape index (κ3) is 3.44. The molecule has 5 heterocycles. The van der Waals surface area contributed by atoms with Crippen molar-refractivity contribution in [2.45, 2.75) is 13.3 Å². The fraction of sp³-hybridized carbons (Fsp3) is 0.318. The SMILES string of the molecule is Cc1cn2cc(-c3cc(=O)n4cc(N5CCCN(C)CC5)ccc4n3)cc(Cl)c2n1. The van der Waals surface area contributed by atoms with Crippen molar-refractivity contribution >= 4 is 28.6 Å². The lowest BCUT2D eigenvalue weighted by molar-refractivity contribution is 0.360. The third-order valence-corrected chi connectivity index (χ3v) is 5.93. The zero-order valence-electron chi connectivity index (χ0n) is 17.0. The van der Waals surface area contributed by atoms with E-state index >= 15 is 0 Å². The Bertz CT molecular complexity index is 1310. The summed E-state index contributed by atoms with van der Waals surface area (Å²) >= 11 is 6.41. The summed E-state index contributed by atoms with van der Waals surface area (Å²) < 4.78 is 3.49. The molecule has 7 nitrogen and oxygen atoms in total. The van der Waals surface area contributed by atoms with E-state index in [4.69, 9.17) is 16.6 Å². The summed E-state index contributed by atoms with van der Waals surface area (Å²) in [5, 5.41) is 0.532. The lowest BCUT2D eigenvalue weighted by Gasteiger charge is -2.23. The van der Waals surface area contributed by atoms with Crippen LogP contribution in [0.25, 0.3) is 22.6 Å². The van der Waals surface area contributed by atoms with Gasteiger partial charge in [-0.3, -0.25) is 9.20 Å². The van der Waals surface area contributed by atoms with Gasteiger partial charge in [-0.15, -0.1) is 0 Å². The quantitative estimate of drug-likeness (QED) is 0.496. The van der Waals surface area contributed by atoms with Crippen molar-refractivity contribution in [3.63, 3.8) is 0 Å². The number of fused-ring (bicyclic) bond motifs is 2. The van der Waals surface area contributed by atoms with E-state index in [0.717, 1.165) is 49.5 Å². The highest BCUT2D eigenvalue weighted by Crippen LogP contribution is 2.25. The van der Waals surface area contributed by atoms with Crippen LogP contribution in [0.2, 0.25) is 5.02 Å². The number of imidazole rings is 1. The largest absolute Gasteiger partial charge is 0.369 e. The molecule has 1 saturated heterocycles. The van der Waals surface area contributed by atoms with Crippen molar-refractivity contribution in [2.24, 2.45) is 0 Å². The predicted octanol–water partition coefficient (Wildman–Crippen LogP) is 3.11. The lowest BCUT2D eigenvalue weighted by Crippen LogP contribution is -2.29. The van der Waals surface area contributed by atoms with E-state index in [1.165, 1.54) is 0 Å². The van der Waals surface area contributed by atoms with Crippen LogP contribution >= 0.6 is 11.6 Å². The Morgan fingerprint density at radius 1 is 1.00 bits per heavy atom. The van der Waals surface area contributed by atoms with Crippen molar-refractivity contribution < 1.29 is 0 Å². The van der Waals surface area contributed by atoms with Gasteiger partial charge in [0.25, 0.3) is 5.56 Å². The van der Waals surface area contributed by atoms with Crippen LogP contribution in [0.4, 0.5) is 5.69 Å². The van der Waals surface area contributed by atoms with Gasteiger partial charge in [-0.25, -0.2) is 9.97 Å². The van der Waals surface area contributed by atoms with Crippen molar-refractivity contribution in [3.8, 4) is 11.3 Å². The minimum atomic E-state index is -0.109. The summed E-state index contributed by atoms with van der Waals surface area (Å²) in [6.45, 7) is 5.97. The Morgan fingerprint density at radius 2 is 1.87 bits per heavy atom. The Labute approximate surface area is 179 Å². The molecule has 4 aromatic heterocycles. The van der Waals surface area contributed by atoms with Crippen LogP contribution in [-0.2, 0) is 0 Å². The van der Waals surface area contributed by atoms with Crippen molar-refractivity contribution in [2.75, 3.05) is 38.1 Å². The maximum atomic E-state index is 12.9. The van der Waals surface area contributed by atoms with Crippen LogP contribution in [0.15, 0.2) is 47.7 Å². The number of aromatic nitrogens is 4. The molecule has 0 unspecified atom stereocenters. The van der Waals surface area contributed by atoms with E-state index in [2.05, 4.69) is 21.8 Å². The molecule has 0 amide bonds. The minimum absolute atomic E-state index is 0.109. The highest BCUT2D eigenvalue weighted by Gasteiger charge is 2.15. The number of hydrogen-bond donors (Lipinski definition) is 0. The maximum absolute atomic E-state index is 12.9. The number of nitrogens with zero attached hydrogens (tertiary/aromatic N) is 6. The number of aryl methyl sites for hydroxylation is 1. The van der Waals surface area contributed by atoms with Gasteiger partial charge in [0.05, 0.1) is 22.1 Å². The zero-order chi connectivity index (χ0) is 20.8. The Morgan fingerprint density at radius 3 is 2.73 bits per heavy atom. The van der Waals surface area contributed by atoms with Crippen molar-refractivity contribution in [1.29, 1.82) is 0 Å². The molecule has 0 saturated carbocycles. The number of pyridine rings is 2. The molecule has 0 bridgehead atoms. The first-order valence-electron chi connectivity index (χ1n) is 10.1. The van der Waals surface area contributed by atoms with Gasteiger partial charge in [0, 0.05) is 49.9 Å². The summed E-state index contributed by atoms with van der Waals surface area (Å²) in [6.07, 6.45) is 6.82. The Kier molecular flexibility index (Phi) is 4.72. The number of halogens is 1. The number of rotatable bonds is 2. The van der Waals surface area contributed by atoms with Gasteiger partial charge in [-0.1, -0.05) is 11.6 Å². The number of hydrogen-bond acceptors (Lipinski definition) is 5. The van der Waals surface area contributed by atoms with E-state index in [1.54, 1.807) is 10.5 Å². The smallest absolute Gasteiger partial charge is 0.258 e. The summed E-state index contributed by atoms with van der Waals surface area (Å²) in [5.41, 5.74) is 4.51. The highest BCUT2D eigenvalue weighted by atomic mass is 35.5. The van der Waals surface area contributed by atoms with Gasteiger partial charge in [0.2, 0.25) is 0 Å². The predicted molar refractivity (Wildman–Crippen MR) is 120 cm³/mol. The lowest BCUT2D eigenvalue weighted by atomic mass is 10.2. The first-order valence-corrected chi connectivity index (χ1v) is 10.5. The first kappa shape index (κ1) is 19.1. The average Bonchev–Trinajstić information content (AvgIpc) is 2.97. The number of anilines is 1. The van der Waals surface area contributed by atoms with Crippen LogP contribution in [-0.4, -0.2) is 56.9 Å². The van der Waals surface area contributed by atoms with Crippen molar-refractivity contribution in [1.82, 2.24) is 23.7 Å². The molecule has 0 aliphatic carbocycles. The van der Waals surface area contributed by atoms with E-state index in [1.807, 2.05) is 48.1 Å². The molecule has 1 aliphatic heterocycles. The van der Waals surface area contributed by atoms with E-state index in [9.17, 15) is 4.79 Å². The molecule has 0 aromatic carbocycles. The molecule has 0 N–H and O–H groups in total. The van der Waals surface area contributed by atoms with Gasteiger partial charge in [-0.2, -0.15) is 0 Å². The van der Waals surface area contributed by atoms with Crippen LogP contribution in [0, 0.1) is 6.92 Å². The monoisotopic (exact) mass is 422 g/mol. The van der Waals surface area contributed by atoms with Gasteiger partial charge >= 0.3 is 0 Å². The highest BCUT2D eigenvalue weighted by molar-refractivity contribution is 6.33. The second kappa shape index (κ2) is 7.41. The molecule has 154 valence electrons. The second-order valence-electron chi connectivity index (χ2n) is 7.93. The molecule has 8 heteroatoms. The standard InChI is InChI=1S/C22H23ClN6O/c1-15-12-28-13-16(10-18(23)22(28)24-15)19-11-21(30)29-14-17(4-5-20(29)25-19)27-7-3-6-26(2)8-9-27/h4-5,10-14H,3,6-9H2,1-2H3. The van der Waals surface area contributed by atoms with E-state index in [-0.39, 0.29) is 5.56 Å². The van der Waals surface area contributed by atoms with Gasteiger partial charge < -0.3 is 14.2 Å². The molecule has 0 atom stereocenters.